The number of rotatable bonds is 36. The Bertz CT molecular complexity index is 572. The van der Waals surface area contributed by atoms with Crippen molar-refractivity contribution in [1.29, 1.82) is 0 Å². The molecule has 1 aliphatic rings. The van der Waals surface area contributed by atoms with E-state index in [1.54, 1.807) is 0 Å². The van der Waals surface area contributed by atoms with E-state index in [-0.39, 0.29) is 0 Å². The van der Waals surface area contributed by atoms with E-state index in [9.17, 15) is 0 Å². The lowest BCUT2D eigenvalue weighted by Crippen LogP contribution is -2.39. The zero-order valence-corrected chi connectivity index (χ0v) is 31.1. The van der Waals surface area contributed by atoms with Crippen LogP contribution in [-0.2, 0) is 0 Å². The highest BCUT2D eigenvalue weighted by molar-refractivity contribution is 4.97. The van der Waals surface area contributed by atoms with Crippen LogP contribution in [0, 0.1) is 0 Å². The average Bonchev–Trinajstić information content (AvgIpc) is 3.42. The Morgan fingerprint density at radius 3 is 0.795 bits per heavy atom. The molecule has 0 aromatic heterocycles. The van der Waals surface area contributed by atoms with Crippen molar-refractivity contribution in [3.05, 3.63) is 12.4 Å². The van der Waals surface area contributed by atoms with Crippen LogP contribution in [0.4, 0.5) is 0 Å². The van der Waals surface area contributed by atoms with Gasteiger partial charge in [0.25, 0.3) is 0 Å². The minimum absolute atomic E-state index is 0.639. The molecule has 44 heavy (non-hydrogen) atoms. The SMILES string of the molecule is CCCCCCCCCCCCCCCCN1C=CN(CCCCCCCCCCCCCC)C1CCCCCCCCC. The Balaban J connectivity index is 2.17. The van der Waals surface area contributed by atoms with Crippen molar-refractivity contribution in [2.75, 3.05) is 13.1 Å². The fourth-order valence-corrected chi connectivity index (χ4v) is 7.25. The fraction of sp³-hybridized carbons (Fsp3) is 0.952. The van der Waals surface area contributed by atoms with E-state index in [0.29, 0.717) is 6.17 Å². The van der Waals surface area contributed by atoms with Gasteiger partial charge in [0.05, 0.1) is 0 Å². The summed E-state index contributed by atoms with van der Waals surface area (Å²) in [5.74, 6) is 0. The molecule has 0 aliphatic carbocycles. The van der Waals surface area contributed by atoms with E-state index in [2.05, 4.69) is 43.0 Å². The number of unbranched alkanes of at least 4 members (excludes halogenated alkanes) is 30. The molecule has 2 nitrogen and oxygen atoms in total. The summed E-state index contributed by atoms with van der Waals surface area (Å²) in [4.78, 5) is 5.44. The standard InChI is InChI=1S/C42H84N2/c1-4-7-10-13-16-18-20-22-23-25-27-30-33-36-39-44-41-40-43(42(44)37-34-31-28-15-12-9-6-3)38-35-32-29-26-24-21-19-17-14-11-8-5-2/h40-42H,4-39H2,1-3H3. The van der Waals surface area contributed by atoms with Crippen molar-refractivity contribution >= 4 is 0 Å². The molecule has 0 aromatic rings. The molecule has 0 spiro atoms. The highest BCUT2D eigenvalue weighted by Crippen LogP contribution is 2.24. The third-order valence-electron chi connectivity index (χ3n) is 10.3. The minimum atomic E-state index is 0.639. The van der Waals surface area contributed by atoms with Gasteiger partial charge in [-0.15, -0.1) is 0 Å². The van der Waals surface area contributed by atoms with E-state index in [0.717, 1.165) is 0 Å². The summed E-state index contributed by atoms with van der Waals surface area (Å²) in [7, 11) is 0. The van der Waals surface area contributed by atoms with Crippen molar-refractivity contribution in [1.82, 2.24) is 9.80 Å². The predicted molar refractivity (Wildman–Crippen MR) is 200 cm³/mol. The van der Waals surface area contributed by atoms with Gasteiger partial charge in [0.2, 0.25) is 0 Å². The third kappa shape index (κ3) is 25.5. The maximum atomic E-state index is 2.72. The molecule has 0 fully saturated rings. The van der Waals surface area contributed by atoms with Gasteiger partial charge in [-0.05, 0) is 25.7 Å². The molecule has 0 aromatic carbocycles. The largest absolute Gasteiger partial charge is 0.356 e. The van der Waals surface area contributed by atoms with E-state index in [1.807, 2.05) is 0 Å². The average molecular weight is 617 g/mol. The van der Waals surface area contributed by atoms with Crippen LogP contribution in [0.1, 0.15) is 239 Å². The zero-order valence-electron chi connectivity index (χ0n) is 31.1. The van der Waals surface area contributed by atoms with Gasteiger partial charge in [-0.1, -0.05) is 213 Å². The predicted octanol–water partition coefficient (Wildman–Crippen LogP) is 14.7. The summed E-state index contributed by atoms with van der Waals surface area (Å²) in [6, 6.07) is 0. The summed E-state index contributed by atoms with van der Waals surface area (Å²) in [5.41, 5.74) is 0. The fourth-order valence-electron chi connectivity index (χ4n) is 7.25. The number of nitrogens with zero attached hydrogens (tertiary/aromatic N) is 2. The molecule has 1 unspecified atom stereocenters. The van der Waals surface area contributed by atoms with Crippen molar-refractivity contribution in [3.63, 3.8) is 0 Å². The van der Waals surface area contributed by atoms with Gasteiger partial charge < -0.3 is 9.80 Å². The summed E-state index contributed by atoms with van der Waals surface area (Å²) >= 11 is 0. The van der Waals surface area contributed by atoms with Gasteiger partial charge >= 0.3 is 0 Å². The van der Waals surface area contributed by atoms with Crippen LogP contribution in [0.2, 0.25) is 0 Å². The Kier molecular flexibility index (Phi) is 31.7. The van der Waals surface area contributed by atoms with Crippen molar-refractivity contribution in [2.24, 2.45) is 0 Å². The molecule has 1 atom stereocenters. The lowest BCUT2D eigenvalue weighted by atomic mass is 10.0. The summed E-state index contributed by atoms with van der Waals surface area (Å²) < 4.78 is 0. The van der Waals surface area contributed by atoms with E-state index in [1.165, 1.54) is 231 Å². The first-order valence-corrected chi connectivity index (χ1v) is 21.0. The Morgan fingerprint density at radius 1 is 0.295 bits per heavy atom. The first-order valence-electron chi connectivity index (χ1n) is 21.0. The Hall–Kier alpha value is -0.660. The first-order chi connectivity index (χ1) is 21.8. The van der Waals surface area contributed by atoms with Crippen LogP contribution in [0.25, 0.3) is 0 Å². The maximum absolute atomic E-state index is 2.72. The molecule has 1 aliphatic heterocycles. The van der Waals surface area contributed by atoms with Crippen LogP contribution in [0.5, 0.6) is 0 Å². The monoisotopic (exact) mass is 617 g/mol. The second-order valence-electron chi connectivity index (χ2n) is 14.6. The van der Waals surface area contributed by atoms with Crippen LogP contribution in [0.15, 0.2) is 12.4 Å². The van der Waals surface area contributed by atoms with E-state index >= 15 is 0 Å². The van der Waals surface area contributed by atoms with E-state index in [4.69, 9.17) is 0 Å². The van der Waals surface area contributed by atoms with Gasteiger partial charge in [0, 0.05) is 25.5 Å². The molecular formula is C42H84N2. The molecule has 262 valence electrons. The molecular weight excluding hydrogens is 532 g/mol. The molecule has 2 heteroatoms. The third-order valence-corrected chi connectivity index (χ3v) is 10.3. The van der Waals surface area contributed by atoms with Crippen LogP contribution >= 0.6 is 0 Å². The molecule has 1 heterocycles. The Labute approximate surface area is 280 Å². The quantitative estimate of drug-likeness (QED) is 0.0646. The van der Waals surface area contributed by atoms with Gasteiger partial charge in [-0.25, -0.2) is 0 Å². The minimum Gasteiger partial charge on any atom is -0.356 e. The van der Waals surface area contributed by atoms with Crippen molar-refractivity contribution in [2.45, 2.75) is 245 Å². The molecule has 0 saturated heterocycles. The normalized spacial score (nSPS) is 14.8. The topological polar surface area (TPSA) is 6.48 Å². The van der Waals surface area contributed by atoms with Crippen LogP contribution in [-0.4, -0.2) is 29.1 Å². The van der Waals surface area contributed by atoms with Crippen molar-refractivity contribution in [3.8, 4) is 0 Å². The number of hydrogen-bond acceptors (Lipinski definition) is 2. The number of hydrogen-bond donors (Lipinski definition) is 0. The zero-order chi connectivity index (χ0) is 31.6. The second-order valence-corrected chi connectivity index (χ2v) is 14.6. The van der Waals surface area contributed by atoms with Gasteiger partial charge in [0.15, 0.2) is 0 Å². The molecule has 0 radical (unpaired) electrons. The van der Waals surface area contributed by atoms with Crippen molar-refractivity contribution < 1.29 is 0 Å². The summed E-state index contributed by atoms with van der Waals surface area (Å²) in [5, 5.41) is 0. The molecule has 0 N–H and O–H groups in total. The smallest absolute Gasteiger partial charge is 0.101 e. The highest BCUT2D eigenvalue weighted by Gasteiger charge is 2.24. The first kappa shape index (κ1) is 41.4. The maximum Gasteiger partial charge on any atom is 0.101 e. The van der Waals surface area contributed by atoms with Crippen LogP contribution < -0.4 is 0 Å². The molecule has 0 saturated carbocycles. The Morgan fingerprint density at radius 2 is 0.523 bits per heavy atom. The van der Waals surface area contributed by atoms with Gasteiger partial charge in [0.1, 0.15) is 6.17 Å². The molecule has 1 rings (SSSR count). The lowest BCUT2D eigenvalue weighted by molar-refractivity contribution is 0.135. The molecule has 0 amide bonds. The van der Waals surface area contributed by atoms with Gasteiger partial charge in [-0.2, -0.15) is 0 Å². The second kappa shape index (κ2) is 33.7. The lowest BCUT2D eigenvalue weighted by Gasteiger charge is -2.33. The van der Waals surface area contributed by atoms with E-state index < -0.39 is 0 Å². The van der Waals surface area contributed by atoms with Crippen LogP contribution in [0.3, 0.4) is 0 Å². The summed E-state index contributed by atoms with van der Waals surface area (Å²) in [6.45, 7) is 9.49. The molecule has 0 bridgehead atoms. The van der Waals surface area contributed by atoms with Gasteiger partial charge in [-0.3, -0.25) is 0 Å². The highest BCUT2D eigenvalue weighted by atomic mass is 15.4. The summed E-state index contributed by atoms with van der Waals surface area (Å²) in [6.07, 6.45) is 54.4.